The molecule has 2 bridgehead atoms. The molecule has 2 N–H and O–H groups in total. The van der Waals surface area contributed by atoms with E-state index in [-0.39, 0.29) is 11.7 Å². The summed E-state index contributed by atoms with van der Waals surface area (Å²) in [6, 6.07) is 3.32. The van der Waals surface area contributed by atoms with Crippen molar-refractivity contribution in [2.24, 2.45) is 17.0 Å². The number of hydrogen-bond donors (Lipinski definition) is 2. The molecule has 2 fully saturated rings. The first kappa shape index (κ1) is 11.4. The zero-order valence-electron chi connectivity index (χ0n) is 9.74. The van der Waals surface area contributed by atoms with Crippen LogP contribution in [0.5, 0.6) is 0 Å². The Hall–Kier alpha value is -1.65. The minimum atomic E-state index is -0.616. The van der Waals surface area contributed by atoms with Gasteiger partial charge in [0, 0.05) is 12.0 Å². The second-order valence-electron chi connectivity index (χ2n) is 5.04. The van der Waals surface area contributed by atoms with Gasteiger partial charge in [0.2, 0.25) is 0 Å². The molecule has 2 aliphatic rings. The third-order valence-electron chi connectivity index (χ3n) is 4.04. The van der Waals surface area contributed by atoms with Crippen molar-refractivity contribution in [1.29, 1.82) is 0 Å². The van der Waals surface area contributed by atoms with E-state index >= 15 is 0 Å². The molecule has 96 valence electrons. The van der Waals surface area contributed by atoms with Gasteiger partial charge in [-0.25, -0.2) is 8.78 Å². The summed E-state index contributed by atoms with van der Waals surface area (Å²) in [7, 11) is 0. The Morgan fingerprint density at radius 3 is 2.83 bits per heavy atom. The standard InChI is InChI=1S/C13H14F2N2O/c14-9-3-4-11(10(15)6-9)16-12-7-1-2-8(5-7)13(12)17-18/h3-4,6-8,12,16,18H,1-2,5H2. The third kappa shape index (κ3) is 1.74. The van der Waals surface area contributed by atoms with Crippen LogP contribution in [0.25, 0.3) is 0 Å². The molecule has 0 amide bonds. The summed E-state index contributed by atoms with van der Waals surface area (Å²) in [5, 5.41) is 15.4. The molecule has 3 nitrogen and oxygen atoms in total. The molecular formula is C13H14F2N2O. The van der Waals surface area contributed by atoms with Crippen molar-refractivity contribution in [3.8, 4) is 0 Å². The van der Waals surface area contributed by atoms with E-state index in [0.29, 0.717) is 17.5 Å². The largest absolute Gasteiger partial charge is 0.411 e. The first-order valence-corrected chi connectivity index (χ1v) is 6.12. The van der Waals surface area contributed by atoms with Gasteiger partial charge in [-0.3, -0.25) is 0 Å². The fourth-order valence-electron chi connectivity index (χ4n) is 3.19. The fraction of sp³-hybridized carbons (Fsp3) is 0.462. The molecule has 0 radical (unpaired) electrons. The van der Waals surface area contributed by atoms with Crippen LogP contribution < -0.4 is 5.32 Å². The highest BCUT2D eigenvalue weighted by Crippen LogP contribution is 2.44. The normalized spacial score (nSPS) is 32.1. The van der Waals surface area contributed by atoms with E-state index in [4.69, 9.17) is 5.21 Å². The molecule has 18 heavy (non-hydrogen) atoms. The lowest BCUT2D eigenvalue weighted by Gasteiger charge is -2.25. The highest BCUT2D eigenvalue weighted by Gasteiger charge is 2.45. The van der Waals surface area contributed by atoms with Crippen molar-refractivity contribution in [2.45, 2.75) is 25.3 Å². The van der Waals surface area contributed by atoms with Gasteiger partial charge in [-0.1, -0.05) is 5.16 Å². The van der Waals surface area contributed by atoms with E-state index in [9.17, 15) is 8.78 Å². The highest BCUT2D eigenvalue weighted by atomic mass is 19.1. The van der Waals surface area contributed by atoms with Crippen LogP contribution in [0, 0.1) is 23.5 Å². The van der Waals surface area contributed by atoms with Crippen molar-refractivity contribution in [2.75, 3.05) is 5.32 Å². The van der Waals surface area contributed by atoms with Gasteiger partial charge >= 0.3 is 0 Å². The molecule has 0 heterocycles. The summed E-state index contributed by atoms with van der Waals surface area (Å²) in [5.41, 5.74) is 0.963. The molecule has 0 aromatic heterocycles. The van der Waals surface area contributed by atoms with E-state index in [1.54, 1.807) is 0 Å². The number of halogens is 2. The summed E-state index contributed by atoms with van der Waals surface area (Å²) in [6.45, 7) is 0. The SMILES string of the molecule is ON=C1C2CCC(C2)C1Nc1ccc(F)cc1F. The Morgan fingerprint density at radius 2 is 2.11 bits per heavy atom. The van der Waals surface area contributed by atoms with Gasteiger partial charge in [-0.15, -0.1) is 0 Å². The number of nitrogens with one attached hydrogen (secondary N) is 1. The van der Waals surface area contributed by atoms with Crippen LogP contribution in [-0.4, -0.2) is 17.0 Å². The number of benzene rings is 1. The van der Waals surface area contributed by atoms with E-state index in [0.717, 1.165) is 25.3 Å². The fourth-order valence-corrected chi connectivity index (χ4v) is 3.19. The van der Waals surface area contributed by atoms with Crippen LogP contribution in [0.1, 0.15) is 19.3 Å². The monoisotopic (exact) mass is 252 g/mol. The van der Waals surface area contributed by atoms with Crippen molar-refractivity contribution < 1.29 is 14.0 Å². The number of oxime groups is 1. The maximum Gasteiger partial charge on any atom is 0.149 e. The lowest BCUT2D eigenvalue weighted by molar-refractivity contribution is 0.312. The van der Waals surface area contributed by atoms with Crippen LogP contribution in [0.15, 0.2) is 23.4 Å². The molecule has 2 saturated carbocycles. The summed E-state index contributed by atoms with van der Waals surface area (Å²) in [6.07, 6.45) is 3.08. The number of fused-ring (bicyclic) bond motifs is 2. The van der Waals surface area contributed by atoms with Crippen LogP contribution in [-0.2, 0) is 0 Å². The average molecular weight is 252 g/mol. The van der Waals surface area contributed by atoms with E-state index in [1.165, 1.54) is 12.1 Å². The first-order chi connectivity index (χ1) is 8.69. The maximum absolute atomic E-state index is 13.6. The molecule has 1 aromatic carbocycles. The summed E-state index contributed by atoms with van der Waals surface area (Å²) in [5.74, 6) is -0.525. The molecule has 3 atom stereocenters. The van der Waals surface area contributed by atoms with Gasteiger partial charge < -0.3 is 10.5 Å². The van der Waals surface area contributed by atoms with Gasteiger partial charge in [0.05, 0.1) is 17.4 Å². The maximum atomic E-state index is 13.6. The Morgan fingerprint density at radius 1 is 1.28 bits per heavy atom. The molecule has 3 unspecified atom stereocenters. The summed E-state index contributed by atoms with van der Waals surface area (Å²) < 4.78 is 26.4. The number of anilines is 1. The van der Waals surface area contributed by atoms with E-state index < -0.39 is 11.6 Å². The van der Waals surface area contributed by atoms with Crippen LogP contribution in [0.4, 0.5) is 14.5 Å². The topological polar surface area (TPSA) is 44.6 Å². The van der Waals surface area contributed by atoms with Crippen LogP contribution in [0.2, 0.25) is 0 Å². The lowest BCUT2D eigenvalue weighted by Crippen LogP contribution is -2.35. The minimum Gasteiger partial charge on any atom is -0.411 e. The predicted octanol–water partition coefficient (Wildman–Crippen LogP) is 3.01. The average Bonchev–Trinajstić information content (AvgIpc) is 2.93. The Balaban J connectivity index is 1.84. The zero-order valence-corrected chi connectivity index (χ0v) is 9.74. The second kappa shape index (κ2) is 4.23. The smallest absolute Gasteiger partial charge is 0.149 e. The van der Waals surface area contributed by atoms with Crippen molar-refractivity contribution >= 4 is 11.4 Å². The zero-order chi connectivity index (χ0) is 12.7. The quantitative estimate of drug-likeness (QED) is 0.627. The number of rotatable bonds is 2. The van der Waals surface area contributed by atoms with E-state index in [1.807, 2.05) is 0 Å². The third-order valence-corrected chi connectivity index (χ3v) is 4.04. The summed E-state index contributed by atoms with van der Waals surface area (Å²) >= 11 is 0. The predicted molar refractivity (Wildman–Crippen MR) is 63.8 cm³/mol. The van der Waals surface area contributed by atoms with E-state index in [2.05, 4.69) is 10.5 Å². The van der Waals surface area contributed by atoms with Gasteiger partial charge in [0.1, 0.15) is 11.6 Å². The Labute approximate surface area is 103 Å². The Bertz CT molecular complexity index is 504. The molecule has 1 aromatic rings. The first-order valence-electron chi connectivity index (χ1n) is 6.12. The number of hydrogen-bond acceptors (Lipinski definition) is 3. The minimum absolute atomic E-state index is 0.131. The van der Waals surface area contributed by atoms with Crippen molar-refractivity contribution in [1.82, 2.24) is 0 Å². The van der Waals surface area contributed by atoms with Gasteiger partial charge in [-0.2, -0.15) is 0 Å². The van der Waals surface area contributed by atoms with Gasteiger partial charge in [-0.05, 0) is 37.3 Å². The van der Waals surface area contributed by atoms with Gasteiger partial charge in [0.25, 0.3) is 0 Å². The van der Waals surface area contributed by atoms with Gasteiger partial charge in [0.15, 0.2) is 0 Å². The molecule has 0 aliphatic heterocycles. The Kier molecular flexibility index (Phi) is 2.69. The number of nitrogens with zero attached hydrogens (tertiary/aromatic N) is 1. The van der Waals surface area contributed by atoms with Crippen LogP contribution in [0.3, 0.4) is 0 Å². The second-order valence-corrected chi connectivity index (χ2v) is 5.04. The van der Waals surface area contributed by atoms with Crippen molar-refractivity contribution in [3.05, 3.63) is 29.8 Å². The van der Waals surface area contributed by atoms with Crippen molar-refractivity contribution in [3.63, 3.8) is 0 Å². The molecule has 0 spiro atoms. The highest BCUT2D eigenvalue weighted by molar-refractivity contribution is 5.96. The lowest BCUT2D eigenvalue weighted by atomic mass is 9.93. The van der Waals surface area contributed by atoms with Crippen LogP contribution >= 0.6 is 0 Å². The molecule has 0 saturated heterocycles. The molecule has 5 heteroatoms. The molecular weight excluding hydrogens is 238 g/mol. The molecule has 3 rings (SSSR count). The molecule has 2 aliphatic carbocycles. The summed E-state index contributed by atoms with van der Waals surface area (Å²) in [4.78, 5) is 0.